The number of carbonyl (C=O) groups is 1. The molecule has 0 aromatic heterocycles. The standard InChI is InChI=1S/C11H20Br2O/c1-10(2,3)8(12)7(14)9(13)11(4,5)6/h8-9H,1-6H3. The number of carbonyl (C=O) groups excluding carboxylic acids is 1. The third kappa shape index (κ3) is 4.01. The zero-order valence-electron chi connectivity index (χ0n) is 9.82. The second kappa shape index (κ2) is 4.65. The van der Waals surface area contributed by atoms with Gasteiger partial charge in [-0.2, -0.15) is 0 Å². The van der Waals surface area contributed by atoms with Crippen molar-refractivity contribution in [3.05, 3.63) is 0 Å². The highest BCUT2D eigenvalue weighted by molar-refractivity contribution is 9.10. The summed E-state index contributed by atoms with van der Waals surface area (Å²) in [4.78, 5) is 11.8. The maximum Gasteiger partial charge on any atom is 0.161 e. The third-order valence-electron chi connectivity index (χ3n) is 2.02. The van der Waals surface area contributed by atoms with Crippen molar-refractivity contribution in [2.75, 3.05) is 0 Å². The molecule has 14 heavy (non-hydrogen) atoms. The second-order valence-electron chi connectivity index (χ2n) is 5.86. The Morgan fingerprint density at radius 1 is 0.857 bits per heavy atom. The van der Waals surface area contributed by atoms with Crippen LogP contribution in [0.4, 0.5) is 0 Å². The monoisotopic (exact) mass is 326 g/mol. The first-order valence-electron chi connectivity index (χ1n) is 4.80. The van der Waals surface area contributed by atoms with Crippen molar-refractivity contribution in [1.82, 2.24) is 0 Å². The fraction of sp³-hybridized carbons (Fsp3) is 0.909. The number of Topliss-reactive ketones (excluding diaryl/α,β-unsaturated/α-hetero) is 1. The molecule has 2 unspecified atom stereocenters. The van der Waals surface area contributed by atoms with Gasteiger partial charge < -0.3 is 0 Å². The first-order chi connectivity index (χ1) is 5.98. The highest BCUT2D eigenvalue weighted by Crippen LogP contribution is 2.34. The van der Waals surface area contributed by atoms with Crippen LogP contribution in [0.25, 0.3) is 0 Å². The van der Waals surface area contributed by atoms with Crippen LogP contribution in [0.5, 0.6) is 0 Å². The lowest BCUT2D eigenvalue weighted by molar-refractivity contribution is -0.120. The second-order valence-corrected chi connectivity index (χ2v) is 7.69. The lowest BCUT2D eigenvalue weighted by Gasteiger charge is -2.31. The molecule has 0 saturated carbocycles. The molecule has 1 nitrogen and oxygen atoms in total. The molecule has 3 heteroatoms. The van der Waals surface area contributed by atoms with Crippen LogP contribution in [0.2, 0.25) is 0 Å². The topological polar surface area (TPSA) is 17.1 Å². The third-order valence-corrected chi connectivity index (χ3v) is 5.67. The fourth-order valence-corrected chi connectivity index (χ4v) is 1.87. The minimum absolute atomic E-state index is 0.0334. The first-order valence-corrected chi connectivity index (χ1v) is 6.63. The molecule has 0 radical (unpaired) electrons. The Morgan fingerprint density at radius 2 is 1.07 bits per heavy atom. The van der Waals surface area contributed by atoms with Gasteiger partial charge in [-0.1, -0.05) is 73.4 Å². The average Bonchev–Trinajstić information content (AvgIpc) is 1.97. The van der Waals surface area contributed by atoms with Crippen molar-refractivity contribution < 1.29 is 4.79 Å². The van der Waals surface area contributed by atoms with E-state index in [0.717, 1.165) is 0 Å². The molecule has 0 aliphatic carbocycles. The van der Waals surface area contributed by atoms with Crippen LogP contribution < -0.4 is 0 Å². The van der Waals surface area contributed by atoms with E-state index in [4.69, 9.17) is 0 Å². The van der Waals surface area contributed by atoms with Crippen LogP contribution in [0, 0.1) is 10.8 Å². The van der Waals surface area contributed by atoms with E-state index in [9.17, 15) is 4.79 Å². The number of alkyl halides is 2. The molecule has 0 bridgehead atoms. The van der Waals surface area contributed by atoms with Gasteiger partial charge in [0.1, 0.15) is 0 Å². The quantitative estimate of drug-likeness (QED) is 0.695. The molecule has 2 atom stereocenters. The maximum atomic E-state index is 12.0. The largest absolute Gasteiger partial charge is 0.297 e. The Kier molecular flexibility index (Phi) is 4.86. The summed E-state index contributed by atoms with van der Waals surface area (Å²) in [6.45, 7) is 12.4. The van der Waals surface area contributed by atoms with Gasteiger partial charge in [0.05, 0.1) is 9.65 Å². The molecule has 0 saturated heterocycles. The van der Waals surface area contributed by atoms with Crippen LogP contribution in [0.1, 0.15) is 41.5 Å². The predicted molar refractivity (Wildman–Crippen MR) is 69.3 cm³/mol. The molecule has 0 aliphatic heterocycles. The van der Waals surface area contributed by atoms with Gasteiger partial charge in [-0.3, -0.25) is 4.79 Å². The van der Waals surface area contributed by atoms with E-state index in [1.165, 1.54) is 0 Å². The highest BCUT2D eigenvalue weighted by Gasteiger charge is 2.37. The molecule has 0 aliphatic rings. The van der Waals surface area contributed by atoms with Gasteiger partial charge in [-0.05, 0) is 10.8 Å². The molecule has 0 N–H and O–H groups in total. The Morgan fingerprint density at radius 3 is 1.21 bits per heavy atom. The van der Waals surface area contributed by atoms with Crippen LogP contribution in [-0.4, -0.2) is 15.4 Å². The highest BCUT2D eigenvalue weighted by atomic mass is 79.9. The lowest BCUT2D eigenvalue weighted by Crippen LogP contribution is -2.39. The van der Waals surface area contributed by atoms with Crippen LogP contribution in [0.15, 0.2) is 0 Å². The molecule has 0 fully saturated rings. The van der Waals surface area contributed by atoms with Crippen molar-refractivity contribution in [3.63, 3.8) is 0 Å². The average molecular weight is 328 g/mol. The molecule has 0 spiro atoms. The van der Waals surface area contributed by atoms with Crippen molar-refractivity contribution in [3.8, 4) is 0 Å². The van der Waals surface area contributed by atoms with E-state index in [2.05, 4.69) is 73.4 Å². The van der Waals surface area contributed by atoms with E-state index in [-0.39, 0.29) is 26.3 Å². The Balaban J connectivity index is 4.65. The summed E-state index contributed by atoms with van der Waals surface area (Å²) < 4.78 is 0. The Labute approximate surface area is 104 Å². The molecular weight excluding hydrogens is 308 g/mol. The summed E-state index contributed by atoms with van der Waals surface area (Å²) in [6.07, 6.45) is 0. The predicted octanol–water partition coefficient (Wildman–Crippen LogP) is 4.17. The Hall–Kier alpha value is 0.630. The smallest absolute Gasteiger partial charge is 0.161 e. The van der Waals surface area contributed by atoms with E-state index in [1.54, 1.807) is 0 Å². The van der Waals surface area contributed by atoms with Crippen LogP contribution in [0.3, 0.4) is 0 Å². The summed E-state index contributed by atoms with van der Waals surface area (Å²) in [5.41, 5.74) is -0.0668. The number of ketones is 1. The van der Waals surface area contributed by atoms with E-state index < -0.39 is 0 Å². The van der Waals surface area contributed by atoms with Gasteiger partial charge in [-0.25, -0.2) is 0 Å². The summed E-state index contributed by atoms with van der Waals surface area (Å²) in [5, 5.41) is 0. The first kappa shape index (κ1) is 14.6. The zero-order chi connectivity index (χ0) is 11.7. The van der Waals surface area contributed by atoms with Crippen molar-refractivity contribution in [2.24, 2.45) is 10.8 Å². The Bertz CT molecular complexity index is 188. The van der Waals surface area contributed by atoms with Gasteiger partial charge in [0.2, 0.25) is 0 Å². The summed E-state index contributed by atoms with van der Waals surface area (Å²) in [7, 11) is 0. The van der Waals surface area contributed by atoms with Crippen molar-refractivity contribution >= 4 is 37.6 Å². The number of hydrogen-bond acceptors (Lipinski definition) is 1. The van der Waals surface area contributed by atoms with Crippen LogP contribution in [-0.2, 0) is 4.79 Å². The van der Waals surface area contributed by atoms with Crippen molar-refractivity contribution in [1.29, 1.82) is 0 Å². The molecule has 84 valence electrons. The molecule has 0 aromatic carbocycles. The van der Waals surface area contributed by atoms with E-state index >= 15 is 0 Å². The SMILES string of the molecule is CC(C)(C)C(Br)C(=O)C(Br)C(C)(C)C. The van der Waals surface area contributed by atoms with Crippen LogP contribution >= 0.6 is 31.9 Å². The van der Waals surface area contributed by atoms with E-state index in [1.807, 2.05) is 0 Å². The van der Waals surface area contributed by atoms with Crippen molar-refractivity contribution in [2.45, 2.75) is 51.2 Å². The fourth-order valence-electron chi connectivity index (χ4n) is 0.982. The normalized spacial score (nSPS) is 17.7. The number of rotatable bonds is 2. The minimum atomic E-state index is -0.0985. The van der Waals surface area contributed by atoms with E-state index in [0.29, 0.717) is 0 Å². The molecular formula is C11H20Br2O. The lowest BCUT2D eigenvalue weighted by atomic mass is 9.82. The minimum Gasteiger partial charge on any atom is -0.297 e. The van der Waals surface area contributed by atoms with Gasteiger partial charge in [-0.15, -0.1) is 0 Å². The summed E-state index contributed by atoms with van der Waals surface area (Å²) in [6, 6.07) is 0. The summed E-state index contributed by atoms with van der Waals surface area (Å²) >= 11 is 6.95. The molecule has 0 heterocycles. The van der Waals surface area contributed by atoms with Gasteiger partial charge in [0, 0.05) is 0 Å². The summed E-state index contributed by atoms with van der Waals surface area (Å²) in [5.74, 6) is 0.227. The van der Waals surface area contributed by atoms with Gasteiger partial charge in [0.15, 0.2) is 5.78 Å². The molecule has 0 aromatic rings. The molecule has 0 amide bonds. The molecule has 0 rings (SSSR count). The number of hydrogen-bond donors (Lipinski definition) is 0. The van der Waals surface area contributed by atoms with Gasteiger partial charge in [0.25, 0.3) is 0 Å². The zero-order valence-corrected chi connectivity index (χ0v) is 13.0. The van der Waals surface area contributed by atoms with Gasteiger partial charge >= 0.3 is 0 Å². The maximum absolute atomic E-state index is 12.0. The number of halogens is 2.